The number of furan rings is 1. The molecule has 0 saturated heterocycles. The Labute approximate surface area is 81.9 Å². The molecule has 0 radical (unpaired) electrons. The first kappa shape index (κ1) is 9.27. The van der Waals surface area contributed by atoms with E-state index in [0.29, 0.717) is 12.3 Å². The third-order valence-corrected chi connectivity index (χ3v) is 2.56. The minimum atomic E-state index is -1.02. The molecular weight excluding hydrogens is 182 g/mol. The molecule has 0 aliphatic heterocycles. The van der Waals surface area contributed by atoms with Gasteiger partial charge in [0.1, 0.15) is 5.76 Å². The highest BCUT2D eigenvalue weighted by Crippen LogP contribution is 2.34. The Balaban J connectivity index is 1.93. The summed E-state index contributed by atoms with van der Waals surface area (Å²) in [6, 6.07) is 3.18. The first-order valence-corrected chi connectivity index (χ1v) is 4.66. The van der Waals surface area contributed by atoms with Crippen LogP contribution < -0.4 is 5.32 Å². The molecule has 2 rings (SSSR count). The van der Waals surface area contributed by atoms with Crippen LogP contribution in [0.1, 0.15) is 36.1 Å². The van der Waals surface area contributed by atoms with Crippen LogP contribution >= 0.6 is 0 Å². The third-order valence-electron chi connectivity index (χ3n) is 2.56. The van der Waals surface area contributed by atoms with Crippen LogP contribution in [-0.2, 0) is 6.54 Å². The molecule has 1 aromatic rings. The Morgan fingerprint density at radius 2 is 2.36 bits per heavy atom. The molecule has 0 aromatic carbocycles. The van der Waals surface area contributed by atoms with E-state index in [0.717, 1.165) is 0 Å². The highest BCUT2D eigenvalue weighted by molar-refractivity contribution is 5.84. The summed E-state index contributed by atoms with van der Waals surface area (Å²) < 4.78 is 5.11. The van der Waals surface area contributed by atoms with Crippen molar-refractivity contribution in [1.29, 1.82) is 0 Å². The van der Waals surface area contributed by atoms with Gasteiger partial charge in [-0.15, -0.1) is 0 Å². The van der Waals surface area contributed by atoms with Crippen molar-refractivity contribution >= 4 is 5.97 Å². The molecule has 0 spiro atoms. The number of carbonyl (C=O) groups is 1. The van der Waals surface area contributed by atoms with E-state index in [-0.39, 0.29) is 11.3 Å². The number of hydrogen-bond donors (Lipinski definition) is 2. The minimum absolute atomic E-state index is 0.00255. The molecule has 0 amide bonds. The second kappa shape index (κ2) is 3.13. The average molecular weight is 195 g/mol. The normalized spacial score (nSPS) is 18.1. The average Bonchev–Trinajstić information content (AvgIpc) is 2.68. The fourth-order valence-electron chi connectivity index (χ4n) is 1.25. The maximum absolute atomic E-state index is 10.5. The van der Waals surface area contributed by atoms with Gasteiger partial charge in [0.05, 0.1) is 6.54 Å². The zero-order chi connectivity index (χ0) is 10.2. The molecule has 4 nitrogen and oxygen atoms in total. The maximum Gasteiger partial charge on any atom is 0.371 e. The number of rotatable bonds is 4. The predicted molar refractivity (Wildman–Crippen MR) is 50.1 cm³/mol. The van der Waals surface area contributed by atoms with Gasteiger partial charge in [0.15, 0.2) is 0 Å². The monoisotopic (exact) mass is 195 g/mol. The number of hydrogen-bond acceptors (Lipinski definition) is 3. The number of carboxylic acid groups (broad SMARTS) is 1. The highest BCUT2D eigenvalue weighted by atomic mass is 16.4. The second-order valence-corrected chi connectivity index (χ2v) is 3.99. The summed E-state index contributed by atoms with van der Waals surface area (Å²) >= 11 is 0. The van der Waals surface area contributed by atoms with Gasteiger partial charge in [-0.3, -0.25) is 0 Å². The Bertz CT molecular complexity index is 352. The van der Waals surface area contributed by atoms with Crippen LogP contribution in [0.2, 0.25) is 0 Å². The van der Waals surface area contributed by atoms with E-state index in [1.807, 2.05) is 0 Å². The van der Waals surface area contributed by atoms with Crippen LogP contribution in [0.4, 0.5) is 0 Å². The molecule has 0 unspecified atom stereocenters. The summed E-state index contributed by atoms with van der Waals surface area (Å²) in [5.41, 5.74) is 0.246. The van der Waals surface area contributed by atoms with E-state index in [4.69, 9.17) is 9.52 Å². The van der Waals surface area contributed by atoms with Gasteiger partial charge >= 0.3 is 5.97 Å². The molecule has 1 aliphatic rings. The van der Waals surface area contributed by atoms with Gasteiger partial charge in [0, 0.05) is 5.54 Å². The molecule has 76 valence electrons. The van der Waals surface area contributed by atoms with E-state index in [2.05, 4.69) is 12.2 Å². The summed E-state index contributed by atoms with van der Waals surface area (Å²) in [5, 5.41) is 11.9. The lowest BCUT2D eigenvalue weighted by atomic mass is 10.3. The molecule has 2 N–H and O–H groups in total. The second-order valence-electron chi connectivity index (χ2n) is 3.99. The zero-order valence-electron chi connectivity index (χ0n) is 8.04. The quantitative estimate of drug-likeness (QED) is 0.766. The Hall–Kier alpha value is -1.29. The lowest BCUT2D eigenvalue weighted by molar-refractivity contribution is 0.0660. The smallest absolute Gasteiger partial charge is 0.371 e. The lowest BCUT2D eigenvalue weighted by Gasteiger charge is -2.08. The summed E-state index contributed by atoms with van der Waals surface area (Å²) in [4.78, 5) is 10.5. The largest absolute Gasteiger partial charge is 0.475 e. The topological polar surface area (TPSA) is 62.5 Å². The number of carboxylic acids is 1. The van der Waals surface area contributed by atoms with Crippen molar-refractivity contribution in [2.75, 3.05) is 0 Å². The number of nitrogens with one attached hydrogen (secondary N) is 1. The van der Waals surface area contributed by atoms with Gasteiger partial charge in [-0.2, -0.15) is 0 Å². The molecular formula is C10H13NO3. The Morgan fingerprint density at radius 3 is 2.86 bits per heavy atom. The van der Waals surface area contributed by atoms with E-state index < -0.39 is 5.97 Å². The van der Waals surface area contributed by atoms with Crippen LogP contribution in [0.3, 0.4) is 0 Å². The van der Waals surface area contributed by atoms with Crippen LogP contribution in [-0.4, -0.2) is 16.6 Å². The molecule has 1 aliphatic carbocycles. The first-order valence-electron chi connectivity index (χ1n) is 4.66. The molecule has 0 atom stereocenters. The molecule has 1 heterocycles. The van der Waals surface area contributed by atoms with Gasteiger partial charge < -0.3 is 14.8 Å². The minimum Gasteiger partial charge on any atom is -0.475 e. The van der Waals surface area contributed by atoms with Gasteiger partial charge in [0.25, 0.3) is 0 Å². The first-order chi connectivity index (χ1) is 6.59. The van der Waals surface area contributed by atoms with Gasteiger partial charge in [-0.1, -0.05) is 0 Å². The molecule has 1 aromatic heterocycles. The molecule has 0 bridgehead atoms. The highest BCUT2D eigenvalue weighted by Gasteiger charge is 2.36. The van der Waals surface area contributed by atoms with E-state index in [1.54, 1.807) is 6.07 Å². The summed E-state index contributed by atoms with van der Waals surface area (Å²) in [7, 11) is 0. The lowest BCUT2D eigenvalue weighted by Crippen LogP contribution is -2.26. The van der Waals surface area contributed by atoms with Gasteiger partial charge in [0.2, 0.25) is 5.76 Å². The molecule has 1 saturated carbocycles. The molecule has 4 heteroatoms. The standard InChI is InChI=1S/C10H13NO3/c1-10(4-5-10)11-6-7-2-3-8(14-7)9(12)13/h2-3,11H,4-6H2,1H3,(H,12,13). The predicted octanol–water partition coefficient (Wildman–Crippen LogP) is 1.62. The molecule has 1 fully saturated rings. The van der Waals surface area contributed by atoms with E-state index >= 15 is 0 Å². The van der Waals surface area contributed by atoms with Crippen molar-refractivity contribution in [1.82, 2.24) is 5.32 Å². The SMILES string of the molecule is CC1(NCc2ccc(C(=O)O)o2)CC1. The fourth-order valence-corrected chi connectivity index (χ4v) is 1.25. The summed E-state index contributed by atoms with van der Waals surface area (Å²) in [6.45, 7) is 2.75. The van der Waals surface area contributed by atoms with Crippen molar-refractivity contribution in [2.45, 2.75) is 31.8 Å². The van der Waals surface area contributed by atoms with Crippen LogP contribution in [0.5, 0.6) is 0 Å². The maximum atomic E-state index is 10.5. The third kappa shape index (κ3) is 1.96. The van der Waals surface area contributed by atoms with Gasteiger partial charge in [-0.05, 0) is 31.9 Å². The van der Waals surface area contributed by atoms with Crippen LogP contribution in [0.15, 0.2) is 16.5 Å². The summed E-state index contributed by atoms with van der Waals surface area (Å²) in [5.74, 6) is -0.341. The number of aromatic carboxylic acids is 1. The molecule has 14 heavy (non-hydrogen) atoms. The van der Waals surface area contributed by atoms with Crippen molar-refractivity contribution < 1.29 is 14.3 Å². The van der Waals surface area contributed by atoms with E-state index in [1.165, 1.54) is 18.9 Å². The van der Waals surface area contributed by atoms with E-state index in [9.17, 15) is 4.79 Å². The Kier molecular flexibility index (Phi) is 2.07. The zero-order valence-corrected chi connectivity index (χ0v) is 8.04. The van der Waals surface area contributed by atoms with Crippen molar-refractivity contribution in [3.8, 4) is 0 Å². The summed E-state index contributed by atoms with van der Waals surface area (Å²) in [6.07, 6.45) is 2.36. The van der Waals surface area contributed by atoms with Crippen LogP contribution in [0, 0.1) is 0 Å². The van der Waals surface area contributed by atoms with Crippen LogP contribution in [0.25, 0.3) is 0 Å². The van der Waals surface area contributed by atoms with Crippen molar-refractivity contribution in [2.24, 2.45) is 0 Å². The van der Waals surface area contributed by atoms with Crippen molar-refractivity contribution in [3.05, 3.63) is 23.7 Å². The van der Waals surface area contributed by atoms with Crippen molar-refractivity contribution in [3.63, 3.8) is 0 Å². The fraction of sp³-hybridized carbons (Fsp3) is 0.500. The van der Waals surface area contributed by atoms with Gasteiger partial charge in [-0.25, -0.2) is 4.79 Å². The Morgan fingerprint density at radius 1 is 1.64 bits per heavy atom.